The van der Waals surface area contributed by atoms with Gasteiger partial charge >= 0.3 is 0 Å². The molecule has 0 amide bonds. The maximum absolute atomic E-state index is 13.5. The van der Waals surface area contributed by atoms with Crippen molar-refractivity contribution < 1.29 is 9.47 Å². The first-order chi connectivity index (χ1) is 18.0. The summed E-state index contributed by atoms with van der Waals surface area (Å²) in [5, 5.41) is 13.6. The van der Waals surface area contributed by atoms with E-state index in [0.29, 0.717) is 24.5 Å². The molecule has 1 saturated heterocycles. The molecule has 0 aliphatic carbocycles. The number of rotatable bonds is 8. The smallest absolute Gasteiger partial charge is 0.253 e. The van der Waals surface area contributed by atoms with Crippen molar-refractivity contribution in [1.29, 1.82) is 0 Å². The zero-order chi connectivity index (χ0) is 25.9. The highest BCUT2D eigenvalue weighted by Gasteiger charge is 2.33. The molecule has 0 radical (unpaired) electrons. The zero-order valence-corrected chi connectivity index (χ0v) is 21.8. The molecule has 1 aliphatic rings. The maximum atomic E-state index is 13.5. The van der Waals surface area contributed by atoms with E-state index in [1.165, 1.54) is 0 Å². The fourth-order valence-electron chi connectivity index (χ4n) is 5.07. The molecule has 10 heteroatoms. The van der Waals surface area contributed by atoms with E-state index >= 15 is 0 Å². The monoisotopic (exact) mass is 503 g/mol. The third kappa shape index (κ3) is 4.94. The number of anilines is 1. The van der Waals surface area contributed by atoms with Gasteiger partial charge in [0, 0.05) is 49.9 Å². The number of aromatic amines is 1. The van der Waals surface area contributed by atoms with Gasteiger partial charge in [-0.05, 0) is 65.7 Å². The third-order valence-electron chi connectivity index (χ3n) is 7.20. The van der Waals surface area contributed by atoms with E-state index in [0.717, 1.165) is 59.6 Å². The topological polar surface area (TPSA) is 101 Å². The van der Waals surface area contributed by atoms with Crippen LogP contribution in [0.1, 0.15) is 28.6 Å². The summed E-state index contributed by atoms with van der Waals surface area (Å²) in [6.07, 6.45) is 0. The summed E-state index contributed by atoms with van der Waals surface area (Å²) in [5.74, 6) is 1.48. The molecule has 0 spiro atoms. The molecule has 37 heavy (non-hydrogen) atoms. The minimum atomic E-state index is -0.391. The lowest BCUT2D eigenvalue weighted by Crippen LogP contribution is -2.49. The molecule has 3 heterocycles. The van der Waals surface area contributed by atoms with Crippen LogP contribution in [0.4, 0.5) is 5.69 Å². The lowest BCUT2D eigenvalue weighted by Gasteiger charge is -2.39. The molecule has 0 bridgehead atoms. The average molecular weight is 504 g/mol. The van der Waals surface area contributed by atoms with Crippen LogP contribution in [0.25, 0.3) is 10.9 Å². The lowest BCUT2D eigenvalue weighted by molar-refractivity contribution is 0.171. The van der Waals surface area contributed by atoms with Crippen LogP contribution in [-0.4, -0.2) is 77.1 Å². The van der Waals surface area contributed by atoms with Crippen molar-refractivity contribution in [2.45, 2.75) is 26.4 Å². The van der Waals surface area contributed by atoms with Gasteiger partial charge in [-0.2, -0.15) is 0 Å². The van der Waals surface area contributed by atoms with Gasteiger partial charge in [0.1, 0.15) is 11.8 Å². The van der Waals surface area contributed by atoms with Crippen LogP contribution in [0.2, 0.25) is 0 Å². The Morgan fingerprint density at radius 3 is 2.43 bits per heavy atom. The maximum Gasteiger partial charge on any atom is 0.253 e. The number of aryl methyl sites for hydroxylation is 2. The molecule has 2 aromatic heterocycles. The molecule has 1 fully saturated rings. The zero-order valence-electron chi connectivity index (χ0n) is 21.8. The lowest BCUT2D eigenvalue weighted by atomic mass is 9.99. The fourth-order valence-corrected chi connectivity index (χ4v) is 5.07. The van der Waals surface area contributed by atoms with Gasteiger partial charge in [-0.1, -0.05) is 12.1 Å². The van der Waals surface area contributed by atoms with Crippen molar-refractivity contribution >= 4 is 16.6 Å². The molecular weight excluding hydrogens is 470 g/mol. The van der Waals surface area contributed by atoms with Crippen molar-refractivity contribution in [3.63, 3.8) is 0 Å². The predicted octanol–water partition coefficient (Wildman–Crippen LogP) is 2.70. The van der Waals surface area contributed by atoms with Crippen LogP contribution < -0.4 is 15.2 Å². The Hall–Kier alpha value is -3.76. The molecule has 1 N–H and O–H groups in total. The second-order valence-electron chi connectivity index (χ2n) is 9.42. The van der Waals surface area contributed by atoms with Crippen LogP contribution in [0, 0.1) is 13.8 Å². The Morgan fingerprint density at radius 2 is 1.73 bits per heavy atom. The quantitative estimate of drug-likeness (QED) is 0.392. The van der Waals surface area contributed by atoms with E-state index in [2.05, 4.69) is 55.4 Å². The van der Waals surface area contributed by atoms with Gasteiger partial charge in [0.25, 0.3) is 5.56 Å². The number of methoxy groups -OCH3 is 2. The Morgan fingerprint density at radius 1 is 1.00 bits per heavy atom. The van der Waals surface area contributed by atoms with Crippen LogP contribution >= 0.6 is 0 Å². The molecule has 5 rings (SSSR count). The first-order valence-corrected chi connectivity index (χ1v) is 12.5. The molecule has 1 aliphatic heterocycles. The first-order valence-electron chi connectivity index (χ1n) is 12.5. The molecule has 2 aromatic carbocycles. The minimum Gasteiger partial charge on any atom is -0.497 e. The number of fused-ring (bicyclic) bond motifs is 1. The molecule has 0 saturated carbocycles. The number of piperazine rings is 1. The number of ether oxygens (including phenoxy) is 2. The second-order valence-corrected chi connectivity index (χ2v) is 9.42. The summed E-state index contributed by atoms with van der Waals surface area (Å²) in [5.41, 5.74) is 4.70. The fraction of sp³-hybridized carbons (Fsp3) is 0.407. The largest absolute Gasteiger partial charge is 0.497 e. The van der Waals surface area contributed by atoms with Crippen molar-refractivity contribution in [3.05, 3.63) is 75.3 Å². The van der Waals surface area contributed by atoms with Crippen LogP contribution in [0.5, 0.6) is 5.75 Å². The van der Waals surface area contributed by atoms with Crippen LogP contribution in [0.3, 0.4) is 0 Å². The summed E-state index contributed by atoms with van der Waals surface area (Å²) in [6, 6.07) is 13.9. The van der Waals surface area contributed by atoms with E-state index in [1.54, 1.807) is 18.9 Å². The van der Waals surface area contributed by atoms with Crippen molar-refractivity contribution in [1.82, 2.24) is 30.1 Å². The number of nitrogens with zero attached hydrogens (tertiary/aromatic N) is 6. The van der Waals surface area contributed by atoms with E-state index in [-0.39, 0.29) is 5.56 Å². The second kappa shape index (κ2) is 10.7. The van der Waals surface area contributed by atoms with E-state index in [1.807, 2.05) is 31.2 Å². The number of benzene rings is 2. The van der Waals surface area contributed by atoms with Gasteiger partial charge < -0.3 is 19.4 Å². The third-order valence-corrected chi connectivity index (χ3v) is 7.20. The predicted molar refractivity (Wildman–Crippen MR) is 142 cm³/mol. The van der Waals surface area contributed by atoms with Crippen molar-refractivity contribution in [3.8, 4) is 5.75 Å². The summed E-state index contributed by atoms with van der Waals surface area (Å²) >= 11 is 0. The molecule has 4 aromatic rings. The van der Waals surface area contributed by atoms with Gasteiger partial charge in [0.05, 0.1) is 25.8 Å². The first kappa shape index (κ1) is 24.9. The van der Waals surface area contributed by atoms with E-state index in [4.69, 9.17) is 9.47 Å². The van der Waals surface area contributed by atoms with Gasteiger partial charge in [-0.25, -0.2) is 4.68 Å². The van der Waals surface area contributed by atoms with Gasteiger partial charge in [-0.15, -0.1) is 5.10 Å². The molecular formula is C27H33N7O3. The number of nitrogens with one attached hydrogen (secondary N) is 1. The minimum absolute atomic E-state index is 0.120. The number of hydrogen-bond donors (Lipinski definition) is 1. The highest BCUT2D eigenvalue weighted by molar-refractivity contribution is 5.85. The SMILES string of the molecule is COCCn1nnnc1C(c1cc2c(C)ccc(C)c2[nH]c1=O)N1CCN(c2ccc(OC)cc2)CC1. The Kier molecular flexibility index (Phi) is 7.20. The number of H-pyrrole nitrogens is 1. The highest BCUT2D eigenvalue weighted by Crippen LogP contribution is 2.30. The van der Waals surface area contributed by atoms with Gasteiger partial charge in [-0.3, -0.25) is 9.69 Å². The van der Waals surface area contributed by atoms with Crippen molar-refractivity contribution in [2.24, 2.45) is 0 Å². The molecule has 194 valence electrons. The summed E-state index contributed by atoms with van der Waals surface area (Å²) in [7, 11) is 3.32. The molecule has 1 unspecified atom stereocenters. The Labute approximate surface area is 215 Å². The number of pyridine rings is 1. The number of aromatic nitrogens is 5. The normalized spacial score (nSPS) is 15.3. The summed E-state index contributed by atoms with van der Waals surface area (Å²) < 4.78 is 12.3. The average Bonchev–Trinajstić information content (AvgIpc) is 3.39. The van der Waals surface area contributed by atoms with Crippen molar-refractivity contribution in [2.75, 3.05) is 51.9 Å². The molecule has 1 atom stereocenters. The molecule has 10 nitrogen and oxygen atoms in total. The van der Waals surface area contributed by atoms with Gasteiger partial charge in [0.2, 0.25) is 0 Å². The van der Waals surface area contributed by atoms with E-state index in [9.17, 15) is 4.79 Å². The number of tetrazole rings is 1. The summed E-state index contributed by atoms with van der Waals surface area (Å²) in [6.45, 7) is 8.18. The Bertz CT molecular complexity index is 1420. The van der Waals surface area contributed by atoms with Gasteiger partial charge in [0.15, 0.2) is 5.82 Å². The van der Waals surface area contributed by atoms with E-state index < -0.39 is 6.04 Å². The Balaban J connectivity index is 1.52. The van der Waals surface area contributed by atoms with Crippen LogP contribution in [0.15, 0.2) is 47.3 Å². The van der Waals surface area contributed by atoms with Crippen LogP contribution in [-0.2, 0) is 11.3 Å². The standard InChI is InChI=1S/C27H33N7O3/c1-18-5-6-19(2)24-22(18)17-23(27(35)28-24)25(26-29-30-31-34(26)15-16-36-3)33-13-11-32(12-14-33)20-7-9-21(37-4)10-8-20/h5-10,17,25H,11-16H2,1-4H3,(H,28,35). The summed E-state index contributed by atoms with van der Waals surface area (Å²) in [4.78, 5) is 21.3. The highest BCUT2D eigenvalue weighted by atomic mass is 16.5. The number of hydrogen-bond acceptors (Lipinski definition) is 8.